The maximum Gasteiger partial charge on any atom is 0.256 e. The van der Waals surface area contributed by atoms with Crippen LogP contribution in [0.4, 0.5) is 8.78 Å². The standard InChI is InChI=1S/C20H19F2N3O4/c21-12-5-4-11(15(22)7-12)8-23-19(28)14-10-25-13-3-1-2-6-24(9-13)20(29)16(25)18(27)17(14)26/h4-5,7,9-10,16,18,27H,1-3,6,8H2,(H,23,28). The van der Waals surface area contributed by atoms with Crippen molar-refractivity contribution in [3.8, 4) is 0 Å². The summed E-state index contributed by atoms with van der Waals surface area (Å²) in [5.41, 5.74) is 0.480. The largest absolute Gasteiger partial charge is 0.382 e. The Morgan fingerprint density at radius 3 is 2.76 bits per heavy atom. The normalized spacial score (nSPS) is 23.8. The first kappa shape index (κ1) is 19.3. The van der Waals surface area contributed by atoms with Gasteiger partial charge in [0.25, 0.3) is 11.8 Å². The number of rotatable bonds is 3. The number of benzene rings is 1. The summed E-state index contributed by atoms with van der Waals surface area (Å²) in [6.45, 7) is 0.262. The average molecular weight is 403 g/mol. The lowest BCUT2D eigenvalue weighted by atomic mass is 9.92. The van der Waals surface area contributed by atoms with E-state index in [9.17, 15) is 28.3 Å². The number of carbonyl (C=O) groups is 3. The Balaban J connectivity index is 1.58. The number of fused-ring (bicyclic) bond motifs is 3. The highest BCUT2D eigenvalue weighted by molar-refractivity contribution is 6.22. The van der Waals surface area contributed by atoms with Gasteiger partial charge in [0.05, 0.1) is 0 Å². The van der Waals surface area contributed by atoms with E-state index in [4.69, 9.17) is 0 Å². The van der Waals surface area contributed by atoms with Gasteiger partial charge in [-0.1, -0.05) is 6.07 Å². The van der Waals surface area contributed by atoms with Crippen molar-refractivity contribution in [3.05, 3.63) is 59.1 Å². The van der Waals surface area contributed by atoms with Gasteiger partial charge in [-0.3, -0.25) is 14.4 Å². The van der Waals surface area contributed by atoms with Crippen molar-refractivity contribution >= 4 is 17.6 Å². The minimum Gasteiger partial charge on any atom is -0.382 e. The van der Waals surface area contributed by atoms with Gasteiger partial charge in [-0.05, 0) is 25.3 Å². The molecule has 0 spiro atoms. The zero-order valence-electron chi connectivity index (χ0n) is 15.4. The summed E-state index contributed by atoms with van der Waals surface area (Å²) in [6, 6.07) is 1.87. The van der Waals surface area contributed by atoms with Gasteiger partial charge in [0.15, 0.2) is 0 Å². The first-order chi connectivity index (χ1) is 13.9. The fourth-order valence-corrected chi connectivity index (χ4v) is 3.80. The van der Waals surface area contributed by atoms with Crippen molar-refractivity contribution in [2.45, 2.75) is 38.0 Å². The number of ketones is 1. The van der Waals surface area contributed by atoms with Crippen LogP contribution in [0.1, 0.15) is 24.8 Å². The molecule has 152 valence electrons. The molecule has 2 bridgehead atoms. The van der Waals surface area contributed by atoms with Crippen molar-refractivity contribution < 1.29 is 28.3 Å². The average Bonchev–Trinajstić information content (AvgIpc) is 2.91. The number of hydrogen-bond donors (Lipinski definition) is 2. The molecule has 2 atom stereocenters. The SMILES string of the molecule is O=C(NCc1ccc(F)cc1F)C1=CN2C3=CN(CCCC3)C(=O)C2C(O)C1=O. The van der Waals surface area contributed by atoms with Crippen LogP contribution in [0.3, 0.4) is 0 Å². The number of hydrogen-bond acceptors (Lipinski definition) is 5. The van der Waals surface area contributed by atoms with E-state index in [1.54, 1.807) is 6.20 Å². The summed E-state index contributed by atoms with van der Waals surface area (Å²) in [5.74, 6) is -3.62. The molecule has 0 aliphatic carbocycles. The summed E-state index contributed by atoms with van der Waals surface area (Å²) in [4.78, 5) is 40.8. The van der Waals surface area contributed by atoms with E-state index in [1.807, 2.05) is 0 Å². The second-order valence-electron chi connectivity index (χ2n) is 7.23. The topological polar surface area (TPSA) is 90.0 Å². The molecule has 9 heteroatoms. The summed E-state index contributed by atoms with van der Waals surface area (Å²) in [5, 5.41) is 12.9. The number of amides is 2. The van der Waals surface area contributed by atoms with Gasteiger partial charge in [0.2, 0.25) is 5.78 Å². The third kappa shape index (κ3) is 3.42. The third-order valence-electron chi connectivity index (χ3n) is 5.35. The number of nitrogens with zero attached hydrogens (tertiary/aromatic N) is 2. The molecule has 0 saturated carbocycles. The van der Waals surface area contributed by atoms with Crippen molar-refractivity contribution in [3.63, 3.8) is 0 Å². The predicted molar refractivity (Wildman–Crippen MR) is 96.6 cm³/mol. The number of halogens is 2. The molecule has 4 rings (SSSR count). The third-order valence-corrected chi connectivity index (χ3v) is 5.35. The highest BCUT2D eigenvalue weighted by Crippen LogP contribution is 2.32. The molecule has 1 aromatic rings. The van der Waals surface area contributed by atoms with Gasteiger partial charge in [-0.2, -0.15) is 0 Å². The van der Waals surface area contributed by atoms with E-state index in [1.165, 1.54) is 22.1 Å². The lowest BCUT2D eigenvalue weighted by molar-refractivity contribution is -0.145. The maximum atomic E-state index is 13.8. The molecule has 3 heterocycles. The van der Waals surface area contributed by atoms with E-state index in [0.717, 1.165) is 24.6 Å². The smallest absolute Gasteiger partial charge is 0.256 e. The van der Waals surface area contributed by atoms with Crippen molar-refractivity contribution in [1.29, 1.82) is 0 Å². The quantitative estimate of drug-likeness (QED) is 0.734. The van der Waals surface area contributed by atoms with Gasteiger partial charge >= 0.3 is 0 Å². The Kier molecular flexibility index (Phi) is 4.91. The first-order valence-electron chi connectivity index (χ1n) is 9.32. The van der Waals surface area contributed by atoms with E-state index >= 15 is 0 Å². The number of Topliss-reactive ketones (excluding diaryl/α,β-unsaturated/α-hetero) is 1. The highest BCUT2D eigenvalue weighted by Gasteiger charge is 2.47. The fraction of sp³-hybridized carbons (Fsp3) is 0.350. The number of nitrogens with one attached hydrogen (secondary N) is 1. The van der Waals surface area contributed by atoms with Gasteiger partial charge in [-0.15, -0.1) is 0 Å². The summed E-state index contributed by atoms with van der Waals surface area (Å²) in [6.07, 6.45) is 3.57. The molecule has 3 aliphatic heterocycles. The van der Waals surface area contributed by atoms with Gasteiger partial charge in [-0.25, -0.2) is 8.78 Å². The van der Waals surface area contributed by atoms with Crippen LogP contribution in [-0.2, 0) is 20.9 Å². The Labute approximate surface area is 165 Å². The monoisotopic (exact) mass is 403 g/mol. The van der Waals surface area contributed by atoms with Crippen molar-refractivity contribution in [2.24, 2.45) is 0 Å². The Bertz CT molecular complexity index is 959. The maximum absolute atomic E-state index is 13.8. The molecule has 0 fully saturated rings. The molecule has 2 amide bonds. The van der Waals surface area contributed by atoms with E-state index in [-0.39, 0.29) is 23.6 Å². The minimum absolute atomic E-state index is 0.0531. The zero-order chi connectivity index (χ0) is 20.7. The zero-order valence-corrected chi connectivity index (χ0v) is 15.4. The molecule has 0 radical (unpaired) electrons. The van der Waals surface area contributed by atoms with Crippen LogP contribution >= 0.6 is 0 Å². The lowest BCUT2D eigenvalue weighted by Gasteiger charge is -2.42. The lowest BCUT2D eigenvalue weighted by Crippen LogP contribution is -2.59. The molecule has 1 aromatic carbocycles. The molecule has 3 aliphatic rings. The van der Waals surface area contributed by atoms with Gasteiger partial charge in [0, 0.05) is 42.8 Å². The minimum atomic E-state index is -1.68. The molecule has 7 nitrogen and oxygen atoms in total. The number of allylic oxidation sites excluding steroid dienone is 1. The molecule has 29 heavy (non-hydrogen) atoms. The summed E-state index contributed by atoms with van der Waals surface area (Å²) < 4.78 is 26.8. The van der Waals surface area contributed by atoms with Crippen molar-refractivity contribution in [2.75, 3.05) is 6.54 Å². The second kappa shape index (κ2) is 7.40. The highest BCUT2D eigenvalue weighted by atomic mass is 19.1. The van der Waals surface area contributed by atoms with E-state index < -0.39 is 35.5 Å². The molecule has 2 N–H and O–H groups in total. The van der Waals surface area contributed by atoms with Crippen LogP contribution < -0.4 is 5.32 Å². The second-order valence-corrected chi connectivity index (χ2v) is 7.23. The summed E-state index contributed by atoms with van der Waals surface area (Å²) >= 11 is 0. The van der Waals surface area contributed by atoms with Crippen LogP contribution in [0.15, 0.2) is 41.9 Å². The molecule has 2 unspecified atom stereocenters. The van der Waals surface area contributed by atoms with E-state index in [0.29, 0.717) is 19.0 Å². The number of aliphatic hydroxyl groups excluding tert-OH is 1. The molecule has 0 aromatic heterocycles. The van der Waals surface area contributed by atoms with Crippen LogP contribution in [0.2, 0.25) is 0 Å². The van der Waals surface area contributed by atoms with Crippen molar-refractivity contribution in [1.82, 2.24) is 15.1 Å². The van der Waals surface area contributed by atoms with Crippen LogP contribution in [0.5, 0.6) is 0 Å². The van der Waals surface area contributed by atoms with E-state index in [2.05, 4.69) is 5.32 Å². The van der Waals surface area contributed by atoms with Gasteiger partial charge < -0.3 is 20.2 Å². The molecular formula is C20H19F2N3O4. The first-order valence-corrected chi connectivity index (χ1v) is 9.32. The Morgan fingerprint density at radius 2 is 2.00 bits per heavy atom. The molecular weight excluding hydrogens is 384 g/mol. The number of carbonyl (C=O) groups excluding carboxylic acids is 3. The fourth-order valence-electron chi connectivity index (χ4n) is 3.80. The van der Waals surface area contributed by atoms with Crippen LogP contribution in [0, 0.1) is 11.6 Å². The number of aliphatic hydroxyl groups is 1. The van der Waals surface area contributed by atoms with Gasteiger partial charge in [0.1, 0.15) is 29.4 Å². The summed E-state index contributed by atoms with van der Waals surface area (Å²) in [7, 11) is 0. The predicted octanol–water partition coefficient (Wildman–Crippen LogP) is 0.947. The Morgan fingerprint density at radius 1 is 1.21 bits per heavy atom. The van der Waals surface area contributed by atoms with Crippen LogP contribution in [0.25, 0.3) is 0 Å². The molecule has 0 saturated heterocycles. The van der Waals surface area contributed by atoms with Crippen LogP contribution in [-0.4, -0.2) is 51.2 Å². The Hall–Kier alpha value is -3.07.